The van der Waals surface area contributed by atoms with Gasteiger partial charge in [-0.15, -0.1) is 11.3 Å². The van der Waals surface area contributed by atoms with Gasteiger partial charge >= 0.3 is 6.18 Å². The number of ether oxygens (including phenoxy) is 1. The van der Waals surface area contributed by atoms with Gasteiger partial charge < -0.3 is 19.9 Å². The zero-order valence-corrected chi connectivity index (χ0v) is 22.4. The van der Waals surface area contributed by atoms with Crippen LogP contribution in [0.1, 0.15) is 43.3 Å². The number of carbonyl (C=O) groups is 2. The van der Waals surface area contributed by atoms with Crippen molar-refractivity contribution in [1.29, 1.82) is 0 Å². The number of pyridine rings is 1. The third-order valence-electron chi connectivity index (χ3n) is 7.30. The van der Waals surface area contributed by atoms with Crippen LogP contribution < -0.4 is 10.1 Å². The molecule has 0 saturated carbocycles. The van der Waals surface area contributed by atoms with Gasteiger partial charge in [0.2, 0.25) is 0 Å². The highest BCUT2D eigenvalue weighted by Gasteiger charge is 2.36. The molecule has 8 nitrogen and oxygen atoms in total. The molecule has 1 atom stereocenters. The highest BCUT2D eigenvalue weighted by atomic mass is 32.1. The van der Waals surface area contributed by atoms with Crippen molar-refractivity contribution in [2.45, 2.75) is 31.7 Å². The zero-order chi connectivity index (χ0) is 28.0. The van der Waals surface area contributed by atoms with Crippen molar-refractivity contribution in [3.8, 4) is 5.75 Å². The van der Waals surface area contributed by atoms with E-state index in [2.05, 4.69) is 10.3 Å². The maximum atomic E-state index is 13.9. The Morgan fingerprint density at radius 2 is 2.02 bits per heavy atom. The first-order chi connectivity index (χ1) is 19.2. The summed E-state index contributed by atoms with van der Waals surface area (Å²) in [7, 11) is 1.90. The molecule has 1 saturated heterocycles. The molecule has 12 heteroatoms. The summed E-state index contributed by atoms with van der Waals surface area (Å²) in [5.41, 5.74) is 1.47. The normalized spacial score (nSPS) is 17.7. The number of rotatable bonds is 5. The van der Waals surface area contributed by atoms with Gasteiger partial charge in [-0.2, -0.15) is 13.2 Å². The summed E-state index contributed by atoms with van der Waals surface area (Å²) >= 11 is 1.36. The number of nitrogens with zero attached hydrogens (tertiary/aromatic N) is 4. The first-order valence-corrected chi connectivity index (χ1v) is 13.7. The molecule has 40 heavy (non-hydrogen) atoms. The number of likely N-dealkylation sites (N-methyl/N-ethyl adjacent to an activating group) is 1. The van der Waals surface area contributed by atoms with Gasteiger partial charge in [0.1, 0.15) is 23.2 Å². The summed E-state index contributed by atoms with van der Waals surface area (Å²) in [6.45, 7) is 2.06. The molecule has 2 aliphatic rings. The lowest BCUT2D eigenvalue weighted by molar-refractivity contribution is -0.139. The van der Waals surface area contributed by atoms with E-state index in [1.165, 1.54) is 23.5 Å². The molecule has 0 radical (unpaired) electrons. The number of likely N-dealkylation sites (tertiary alicyclic amines) is 1. The predicted molar refractivity (Wildman–Crippen MR) is 144 cm³/mol. The number of imidazole rings is 1. The molecule has 0 bridgehead atoms. The van der Waals surface area contributed by atoms with Crippen molar-refractivity contribution < 1.29 is 27.5 Å². The van der Waals surface area contributed by atoms with E-state index in [0.717, 1.165) is 23.1 Å². The quantitative estimate of drug-likeness (QED) is 0.368. The molecule has 0 aliphatic carbocycles. The van der Waals surface area contributed by atoms with Crippen molar-refractivity contribution >= 4 is 34.5 Å². The van der Waals surface area contributed by atoms with Gasteiger partial charge in [-0.1, -0.05) is 6.07 Å². The second-order valence-corrected chi connectivity index (χ2v) is 11.0. The van der Waals surface area contributed by atoms with Crippen LogP contribution in [0.15, 0.2) is 54.2 Å². The Kier molecular flexibility index (Phi) is 6.75. The fraction of sp³-hybridized carbons (Fsp3) is 0.321. The minimum absolute atomic E-state index is 0.0355. The van der Waals surface area contributed by atoms with E-state index in [1.807, 2.05) is 30.1 Å². The molecule has 1 aromatic carbocycles. The lowest BCUT2D eigenvalue weighted by Crippen LogP contribution is -2.36. The lowest BCUT2D eigenvalue weighted by Gasteiger charge is -2.27. The Bertz CT molecular complexity index is 1600. The van der Waals surface area contributed by atoms with E-state index in [4.69, 9.17) is 4.74 Å². The van der Waals surface area contributed by atoms with Gasteiger partial charge in [0, 0.05) is 41.8 Å². The average Bonchev–Trinajstić information content (AvgIpc) is 3.66. The molecule has 4 aromatic rings. The van der Waals surface area contributed by atoms with Crippen LogP contribution in [0.2, 0.25) is 0 Å². The van der Waals surface area contributed by atoms with Gasteiger partial charge in [-0.3, -0.25) is 14.0 Å². The van der Waals surface area contributed by atoms with Crippen LogP contribution >= 0.6 is 11.3 Å². The molecular formula is C28H26F3N5O3S. The standard InChI is InChI=1S/C28H26F3N5O3S/c1-34-10-7-18(14-34)39-23-6-5-17(12-21(23)28(29,30)31)33-26(37)20-16-40-24-15-35(11-8-19(20)24)27(38)22-13-32-25-4-2-3-9-36(22)25/h2-6,9,12-13,16,18H,7-8,10-11,14-15H2,1H3,(H,33,37). The van der Waals surface area contributed by atoms with Crippen molar-refractivity contribution in [3.63, 3.8) is 0 Å². The fourth-order valence-corrected chi connectivity index (χ4v) is 6.34. The van der Waals surface area contributed by atoms with Gasteiger partial charge in [-0.05, 0) is 55.8 Å². The van der Waals surface area contributed by atoms with Crippen LogP contribution in [0, 0.1) is 0 Å². The minimum atomic E-state index is -4.64. The topological polar surface area (TPSA) is 79.2 Å². The average molecular weight is 570 g/mol. The van der Waals surface area contributed by atoms with Gasteiger partial charge in [0.15, 0.2) is 0 Å². The van der Waals surface area contributed by atoms with Gasteiger partial charge in [0.25, 0.3) is 11.8 Å². The molecule has 2 aliphatic heterocycles. The number of amides is 2. The maximum Gasteiger partial charge on any atom is 0.420 e. The number of hydrogen-bond acceptors (Lipinski definition) is 6. The maximum absolute atomic E-state index is 13.9. The smallest absolute Gasteiger partial charge is 0.420 e. The highest BCUT2D eigenvalue weighted by molar-refractivity contribution is 7.10. The third-order valence-corrected chi connectivity index (χ3v) is 8.31. The van der Waals surface area contributed by atoms with Crippen LogP contribution in [-0.2, 0) is 19.1 Å². The van der Waals surface area contributed by atoms with E-state index in [0.29, 0.717) is 49.4 Å². The van der Waals surface area contributed by atoms with E-state index >= 15 is 0 Å². The molecule has 6 rings (SSSR count). The monoisotopic (exact) mass is 569 g/mol. The number of carbonyl (C=O) groups excluding carboxylic acids is 2. The fourth-order valence-electron chi connectivity index (χ4n) is 5.25. The number of benzene rings is 1. The molecular weight excluding hydrogens is 543 g/mol. The Labute approximate surface area is 232 Å². The number of fused-ring (bicyclic) bond motifs is 2. The van der Waals surface area contributed by atoms with Crippen molar-refractivity contribution in [2.24, 2.45) is 0 Å². The van der Waals surface area contributed by atoms with Crippen LogP contribution in [0.3, 0.4) is 0 Å². The molecule has 0 spiro atoms. The molecule has 5 heterocycles. The van der Waals surface area contributed by atoms with Crippen LogP contribution in [0.5, 0.6) is 5.75 Å². The molecule has 2 amide bonds. The summed E-state index contributed by atoms with van der Waals surface area (Å²) in [4.78, 5) is 35.2. The van der Waals surface area contributed by atoms with Crippen LogP contribution in [-0.4, -0.2) is 63.8 Å². The van der Waals surface area contributed by atoms with Crippen LogP contribution in [0.4, 0.5) is 18.9 Å². The lowest BCUT2D eigenvalue weighted by atomic mass is 10.0. The van der Waals surface area contributed by atoms with E-state index < -0.39 is 17.6 Å². The predicted octanol–water partition coefficient (Wildman–Crippen LogP) is 4.95. The molecule has 1 unspecified atom stereocenters. The van der Waals surface area contributed by atoms with Crippen molar-refractivity contribution in [2.75, 3.05) is 32.0 Å². The zero-order valence-electron chi connectivity index (χ0n) is 21.6. The van der Waals surface area contributed by atoms with Crippen LogP contribution in [0.25, 0.3) is 5.65 Å². The number of anilines is 1. The van der Waals surface area contributed by atoms with Gasteiger partial charge in [0.05, 0.1) is 23.9 Å². The van der Waals surface area contributed by atoms with E-state index in [-0.39, 0.29) is 23.4 Å². The van der Waals surface area contributed by atoms with E-state index in [1.54, 1.807) is 27.1 Å². The first kappa shape index (κ1) is 26.3. The largest absolute Gasteiger partial charge is 0.488 e. The second kappa shape index (κ2) is 10.3. The van der Waals surface area contributed by atoms with Crippen molar-refractivity contribution in [3.05, 3.63) is 81.4 Å². The molecule has 3 aromatic heterocycles. The number of nitrogens with one attached hydrogen (secondary N) is 1. The molecule has 1 N–H and O–H groups in total. The Morgan fingerprint density at radius 1 is 1.18 bits per heavy atom. The highest BCUT2D eigenvalue weighted by Crippen LogP contribution is 2.39. The number of hydrogen-bond donors (Lipinski definition) is 1. The Hall–Kier alpha value is -3.90. The number of thiophene rings is 1. The number of aromatic nitrogens is 2. The third kappa shape index (κ3) is 5.04. The minimum Gasteiger partial charge on any atom is -0.488 e. The SMILES string of the molecule is CN1CCC(Oc2ccc(NC(=O)c3csc4c3CCN(C(=O)c3cnc5ccccn35)C4)cc2C(F)(F)F)C1. The Morgan fingerprint density at radius 3 is 2.80 bits per heavy atom. The first-order valence-electron chi connectivity index (χ1n) is 12.9. The summed E-state index contributed by atoms with van der Waals surface area (Å²) < 4.78 is 49.0. The van der Waals surface area contributed by atoms with Gasteiger partial charge in [-0.25, -0.2) is 4.98 Å². The number of halogens is 3. The summed E-state index contributed by atoms with van der Waals surface area (Å²) in [5, 5.41) is 4.32. The second-order valence-electron chi connectivity index (χ2n) is 10.1. The Balaban J connectivity index is 1.17. The summed E-state index contributed by atoms with van der Waals surface area (Å²) in [5.74, 6) is -0.886. The molecule has 1 fully saturated rings. The van der Waals surface area contributed by atoms with Crippen molar-refractivity contribution in [1.82, 2.24) is 19.2 Å². The summed E-state index contributed by atoms with van der Waals surface area (Å²) in [6.07, 6.45) is -0.507. The molecule has 208 valence electrons. The van der Waals surface area contributed by atoms with E-state index in [9.17, 15) is 22.8 Å². The summed E-state index contributed by atoms with van der Waals surface area (Å²) in [6, 6.07) is 9.11. The number of alkyl halides is 3.